The van der Waals surface area contributed by atoms with Crippen LogP contribution in [-0.2, 0) is 4.79 Å². The minimum absolute atomic E-state index is 0.111. The fourth-order valence-corrected chi connectivity index (χ4v) is 3.53. The minimum Gasteiger partial charge on any atom is -0.333 e. The normalized spacial score (nSPS) is 29.1. The molecule has 1 aromatic carbocycles. The van der Waals surface area contributed by atoms with Crippen LogP contribution < -0.4 is 5.73 Å². The molecule has 0 aromatic heterocycles. The lowest BCUT2D eigenvalue weighted by atomic mass is 9.98. The average Bonchev–Trinajstić information content (AvgIpc) is 2.70. The van der Waals surface area contributed by atoms with Crippen molar-refractivity contribution in [3.8, 4) is 0 Å². The fraction of sp³-hybridized carbons (Fsp3) is 0.438. The van der Waals surface area contributed by atoms with Crippen LogP contribution in [-0.4, -0.2) is 28.9 Å². The van der Waals surface area contributed by atoms with Gasteiger partial charge in [-0.1, -0.05) is 23.7 Å². The zero-order chi connectivity index (χ0) is 14.1. The predicted octanol–water partition coefficient (Wildman–Crippen LogP) is 2.83. The molecule has 0 saturated carbocycles. The Kier molecular flexibility index (Phi) is 3.81. The van der Waals surface area contributed by atoms with Crippen LogP contribution in [0, 0.1) is 0 Å². The molecule has 2 aliphatic rings. The first-order chi connectivity index (χ1) is 9.63. The van der Waals surface area contributed by atoms with Gasteiger partial charge in [0, 0.05) is 29.2 Å². The van der Waals surface area contributed by atoms with E-state index in [9.17, 15) is 4.79 Å². The summed E-state index contributed by atoms with van der Waals surface area (Å²) in [6, 6.07) is 8.42. The molecule has 3 nitrogen and oxygen atoms in total. The van der Waals surface area contributed by atoms with Crippen LogP contribution in [0.4, 0.5) is 0 Å². The molecule has 20 heavy (non-hydrogen) atoms. The van der Waals surface area contributed by atoms with E-state index in [1.54, 1.807) is 6.08 Å². The van der Waals surface area contributed by atoms with Crippen LogP contribution in [0.1, 0.15) is 31.2 Å². The average molecular weight is 291 g/mol. The second-order valence-corrected chi connectivity index (χ2v) is 6.18. The van der Waals surface area contributed by atoms with Crippen LogP contribution in [0.25, 0.3) is 6.08 Å². The molecule has 1 amide bonds. The summed E-state index contributed by atoms with van der Waals surface area (Å²) in [6.45, 7) is 0. The molecule has 2 fully saturated rings. The Morgan fingerprint density at radius 2 is 1.80 bits per heavy atom. The number of rotatable bonds is 2. The van der Waals surface area contributed by atoms with E-state index in [2.05, 4.69) is 0 Å². The van der Waals surface area contributed by atoms with Gasteiger partial charge in [0.1, 0.15) is 0 Å². The number of halogens is 1. The molecule has 2 unspecified atom stereocenters. The fourth-order valence-electron chi connectivity index (χ4n) is 3.41. The predicted molar refractivity (Wildman–Crippen MR) is 81.4 cm³/mol. The lowest BCUT2D eigenvalue weighted by molar-refractivity contribution is -0.130. The van der Waals surface area contributed by atoms with Crippen molar-refractivity contribution in [2.75, 3.05) is 0 Å². The molecule has 4 heteroatoms. The molecule has 3 rings (SSSR count). The van der Waals surface area contributed by atoms with Gasteiger partial charge < -0.3 is 10.6 Å². The van der Waals surface area contributed by atoms with E-state index in [1.165, 1.54) is 0 Å². The molecule has 0 radical (unpaired) electrons. The van der Waals surface area contributed by atoms with Gasteiger partial charge >= 0.3 is 0 Å². The molecular formula is C16H19ClN2O. The summed E-state index contributed by atoms with van der Waals surface area (Å²) in [5.41, 5.74) is 7.02. The lowest BCUT2D eigenvalue weighted by Crippen LogP contribution is -2.49. The van der Waals surface area contributed by atoms with Gasteiger partial charge in [-0.3, -0.25) is 4.79 Å². The van der Waals surface area contributed by atoms with Crippen LogP contribution in [0.5, 0.6) is 0 Å². The first kappa shape index (κ1) is 13.7. The van der Waals surface area contributed by atoms with Gasteiger partial charge in [-0.25, -0.2) is 0 Å². The van der Waals surface area contributed by atoms with Crippen molar-refractivity contribution in [2.24, 2.45) is 5.73 Å². The van der Waals surface area contributed by atoms with Gasteiger partial charge in [-0.05, 0) is 49.5 Å². The minimum atomic E-state index is 0.111. The molecule has 2 N–H and O–H groups in total. The van der Waals surface area contributed by atoms with E-state index >= 15 is 0 Å². The van der Waals surface area contributed by atoms with E-state index in [4.69, 9.17) is 17.3 Å². The molecule has 2 atom stereocenters. The monoisotopic (exact) mass is 290 g/mol. The number of amides is 1. The number of piperidine rings is 1. The SMILES string of the molecule is NC1CC2CCC(C1)N2C(=O)/C=C/c1ccc(Cl)cc1. The molecule has 2 aliphatic heterocycles. The van der Waals surface area contributed by atoms with Crippen LogP contribution in [0.3, 0.4) is 0 Å². The van der Waals surface area contributed by atoms with Gasteiger partial charge in [-0.2, -0.15) is 0 Å². The van der Waals surface area contributed by atoms with Crippen LogP contribution in [0.15, 0.2) is 30.3 Å². The summed E-state index contributed by atoms with van der Waals surface area (Å²) in [5.74, 6) is 0.111. The van der Waals surface area contributed by atoms with E-state index < -0.39 is 0 Å². The van der Waals surface area contributed by atoms with Crippen molar-refractivity contribution in [1.82, 2.24) is 4.90 Å². The molecule has 2 heterocycles. The quantitative estimate of drug-likeness (QED) is 0.852. The maximum atomic E-state index is 12.4. The zero-order valence-corrected chi connectivity index (χ0v) is 12.1. The Bertz CT molecular complexity index is 512. The third kappa shape index (κ3) is 2.74. The Balaban J connectivity index is 1.69. The van der Waals surface area contributed by atoms with E-state index in [-0.39, 0.29) is 11.9 Å². The number of fused-ring (bicyclic) bond motifs is 2. The first-order valence-electron chi connectivity index (χ1n) is 7.15. The molecule has 0 aliphatic carbocycles. The Hall–Kier alpha value is -1.32. The smallest absolute Gasteiger partial charge is 0.247 e. The number of hydrogen-bond donors (Lipinski definition) is 1. The van der Waals surface area contributed by atoms with Gasteiger partial charge in [0.25, 0.3) is 0 Å². The maximum Gasteiger partial charge on any atom is 0.247 e. The summed E-state index contributed by atoms with van der Waals surface area (Å²) in [4.78, 5) is 14.4. The standard InChI is InChI=1S/C16H19ClN2O/c17-12-4-1-11(2-5-12)3-8-16(20)19-14-6-7-15(19)10-13(18)9-14/h1-5,8,13-15H,6-7,9-10,18H2/b8-3+. The zero-order valence-electron chi connectivity index (χ0n) is 11.3. The maximum absolute atomic E-state index is 12.4. The molecule has 2 saturated heterocycles. The number of nitrogens with two attached hydrogens (primary N) is 1. The van der Waals surface area contributed by atoms with Crippen molar-refractivity contribution >= 4 is 23.6 Å². The second kappa shape index (κ2) is 5.58. The van der Waals surface area contributed by atoms with Crippen molar-refractivity contribution in [3.05, 3.63) is 40.9 Å². The van der Waals surface area contributed by atoms with E-state index in [0.29, 0.717) is 17.1 Å². The first-order valence-corrected chi connectivity index (χ1v) is 7.53. The van der Waals surface area contributed by atoms with Crippen molar-refractivity contribution in [3.63, 3.8) is 0 Å². The number of carbonyl (C=O) groups is 1. The Labute approximate surface area is 124 Å². The largest absolute Gasteiger partial charge is 0.333 e. The van der Waals surface area contributed by atoms with Gasteiger partial charge in [-0.15, -0.1) is 0 Å². The van der Waals surface area contributed by atoms with Gasteiger partial charge in [0.05, 0.1) is 0 Å². The number of hydrogen-bond acceptors (Lipinski definition) is 2. The summed E-state index contributed by atoms with van der Waals surface area (Å²) < 4.78 is 0. The summed E-state index contributed by atoms with van der Waals surface area (Å²) >= 11 is 5.85. The van der Waals surface area contributed by atoms with Crippen molar-refractivity contribution in [2.45, 2.75) is 43.8 Å². The van der Waals surface area contributed by atoms with E-state index in [0.717, 1.165) is 31.2 Å². The highest BCUT2D eigenvalue weighted by molar-refractivity contribution is 6.30. The van der Waals surface area contributed by atoms with Gasteiger partial charge in [0.15, 0.2) is 0 Å². The highest BCUT2D eigenvalue weighted by atomic mass is 35.5. The summed E-state index contributed by atoms with van der Waals surface area (Å²) in [7, 11) is 0. The van der Waals surface area contributed by atoms with Crippen LogP contribution >= 0.6 is 11.6 Å². The number of carbonyl (C=O) groups excluding carboxylic acids is 1. The molecule has 1 aromatic rings. The molecule has 0 spiro atoms. The summed E-state index contributed by atoms with van der Waals surface area (Å²) in [5, 5.41) is 0.705. The van der Waals surface area contributed by atoms with Crippen LogP contribution in [0.2, 0.25) is 5.02 Å². The number of nitrogens with zero attached hydrogens (tertiary/aromatic N) is 1. The Morgan fingerprint density at radius 1 is 1.20 bits per heavy atom. The molecular weight excluding hydrogens is 272 g/mol. The highest BCUT2D eigenvalue weighted by Gasteiger charge is 2.41. The van der Waals surface area contributed by atoms with Crippen molar-refractivity contribution < 1.29 is 4.79 Å². The molecule has 106 valence electrons. The second-order valence-electron chi connectivity index (χ2n) is 5.75. The Morgan fingerprint density at radius 3 is 2.40 bits per heavy atom. The third-order valence-electron chi connectivity index (χ3n) is 4.31. The van der Waals surface area contributed by atoms with Crippen molar-refractivity contribution in [1.29, 1.82) is 0 Å². The molecule has 2 bridgehead atoms. The van der Waals surface area contributed by atoms with E-state index in [1.807, 2.05) is 35.2 Å². The van der Waals surface area contributed by atoms with Gasteiger partial charge in [0.2, 0.25) is 5.91 Å². The topological polar surface area (TPSA) is 46.3 Å². The summed E-state index contributed by atoms with van der Waals surface area (Å²) in [6.07, 6.45) is 7.60. The lowest BCUT2D eigenvalue weighted by Gasteiger charge is -2.37. The third-order valence-corrected chi connectivity index (χ3v) is 4.56. The highest BCUT2D eigenvalue weighted by Crippen LogP contribution is 2.35. The number of benzene rings is 1.